The fourth-order valence-corrected chi connectivity index (χ4v) is 3.84. The molecule has 0 N–H and O–H groups in total. The molecule has 0 aliphatic carbocycles. The van der Waals surface area contributed by atoms with Gasteiger partial charge in [-0.3, -0.25) is 0 Å². The minimum atomic E-state index is 0.453. The molecule has 5 nitrogen and oxygen atoms in total. The average molecular weight is 482 g/mol. The summed E-state index contributed by atoms with van der Waals surface area (Å²) in [7, 11) is 1.61. The number of fused-ring (bicyclic) bond motifs is 1. The summed E-state index contributed by atoms with van der Waals surface area (Å²) in [5.74, 6) is 1.61. The Kier molecular flexibility index (Phi) is 5.47. The monoisotopic (exact) mass is 480 g/mol. The van der Waals surface area contributed by atoms with Gasteiger partial charge in [0.25, 0.3) is 5.78 Å². The minimum absolute atomic E-state index is 0.453. The molecule has 0 aliphatic heterocycles. The highest BCUT2D eigenvalue weighted by Crippen LogP contribution is 2.35. The Morgan fingerprint density at radius 1 is 0.719 bits per heavy atom. The molecule has 5 rings (SSSR count). The zero-order valence-corrected chi connectivity index (χ0v) is 19.0. The van der Waals surface area contributed by atoms with Crippen LogP contribution in [0.25, 0.3) is 39.7 Å². The van der Waals surface area contributed by atoms with Gasteiger partial charge in [-0.25, -0.2) is 4.98 Å². The molecule has 0 atom stereocenters. The van der Waals surface area contributed by atoms with Crippen LogP contribution in [0.5, 0.6) is 5.75 Å². The predicted octanol–water partition coefficient (Wildman–Crippen LogP) is 7.09. The maximum absolute atomic E-state index is 6.19. The van der Waals surface area contributed by atoms with E-state index in [1.54, 1.807) is 29.8 Å². The molecule has 2 heterocycles. The second-order valence-corrected chi connectivity index (χ2v) is 8.34. The number of ether oxygens (including phenoxy) is 1. The van der Waals surface area contributed by atoms with Crippen LogP contribution >= 0.6 is 34.8 Å². The van der Waals surface area contributed by atoms with E-state index in [0.717, 1.165) is 28.1 Å². The first-order valence-corrected chi connectivity index (χ1v) is 10.8. The van der Waals surface area contributed by atoms with Gasteiger partial charge in [-0.15, -0.1) is 5.10 Å². The number of nitrogens with zero attached hydrogens (tertiary/aromatic N) is 4. The zero-order chi connectivity index (χ0) is 22.2. The van der Waals surface area contributed by atoms with E-state index in [4.69, 9.17) is 49.6 Å². The fourth-order valence-electron chi connectivity index (χ4n) is 3.43. The van der Waals surface area contributed by atoms with Crippen LogP contribution in [-0.2, 0) is 0 Å². The van der Waals surface area contributed by atoms with Crippen LogP contribution in [-0.4, -0.2) is 26.7 Å². The SMILES string of the molecule is COc1cc(Cl)ccc1-c1cc(-c2ccc(Cl)cc2)nc2nc(-c3ccc(Cl)cc3)nn12. The van der Waals surface area contributed by atoms with Crippen LogP contribution in [0.4, 0.5) is 0 Å². The summed E-state index contributed by atoms with van der Waals surface area (Å²) in [6.45, 7) is 0. The van der Waals surface area contributed by atoms with Crippen LogP contribution < -0.4 is 4.74 Å². The highest BCUT2D eigenvalue weighted by Gasteiger charge is 2.17. The first-order chi connectivity index (χ1) is 15.5. The Hall–Kier alpha value is -3.12. The molecule has 0 unspecified atom stereocenters. The second-order valence-electron chi connectivity index (χ2n) is 7.03. The molecule has 158 valence electrons. The predicted molar refractivity (Wildman–Crippen MR) is 129 cm³/mol. The molecule has 0 amide bonds. The number of rotatable bonds is 4. The van der Waals surface area contributed by atoms with E-state index in [1.165, 1.54) is 0 Å². The maximum Gasteiger partial charge on any atom is 0.253 e. The molecule has 32 heavy (non-hydrogen) atoms. The van der Waals surface area contributed by atoms with Crippen molar-refractivity contribution in [3.05, 3.63) is 87.9 Å². The Balaban J connectivity index is 1.77. The highest BCUT2D eigenvalue weighted by atomic mass is 35.5. The van der Waals surface area contributed by atoms with Crippen molar-refractivity contribution < 1.29 is 4.74 Å². The summed E-state index contributed by atoms with van der Waals surface area (Å²) in [5, 5.41) is 6.60. The van der Waals surface area contributed by atoms with Crippen LogP contribution in [0.3, 0.4) is 0 Å². The van der Waals surface area contributed by atoms with Crippen molar-refractivity contribution in [2.75, 3.05) is 7.11 Å². The molecular weight excluding hydrogens is 467 g/mol. The van der Waals surface area contributed by atoms with Gasteiger partial charge in [0.1, 0.15) is 5.75 Å². The number of aromatic nitrogens is 4. The lowest BCUT2D eigenvalue weighted by Crippen LogP contribution is -2.00. The molecule has 8 heteroatoms. The molecular formula is C24H15Cl3N4O. The van der Waals surface area contributed by atoms with E-state index in [2.05, 4.69) is 4.98 Å². The molecule has 0 saturated carbocycles. The minimum Gasteiger partial charge on any atom is -0.496 e. The third-order valence-corrected chi connectivity index (χ3v) is 5.73. The topological polar surface area (TPSA) is 52.3 Å². The van der Waals surface area contributed by atoms with Gasteiger partial charge in [-0.2, -0.15) is 9.50 Å². The first kappa shape index (κ1) is 20.8. The molecule has 0 radical (unpaired) electrons. The Morgan fingerprint density at radius 3 is 2.00 bits per heavy atom. The number of methoxy groups -OCH3 is 1. The van der Waals surface area contributed by atoms with E-state index in [9.17, 15) is 0 Å². The van der Waals surface area contributed by atoms with Gasteiger partial charge in [0.2, 0.25) is 0 Å². The first-order valence-electron chi connectivity index (χ1n) is 9.65. The molecule has 0 bridgehead atoms. The van der Waals surface area contributed by atoms with Crippen molar-refractivity contribution in [1.82, 2.24) is 19.6 Å². The number of hydrogen-bond acceptors (Lipinski definition) is 4. The normalized spacial score (nSPS) is 11.1. The van der Waals surface area contributed by atoms with Crippen LogP contribution in [0.2, 0.25) is 15.1 Å². The number of benzene rings is 3. The highest BCUT2D eigenvalue weighted by molar-refractivity contribution is 6.31. The average Bonchev–Trinajstić information content (AvgIpc) is 3.23. The third-order valence-electron chi connectivity index (χ3n) is 4.99. The second kappa shape index (κ2) is 8.43. The van der Waals surface area contributed by atoms with Gasteiger partial charge in [0.15, 0.2) is 5.82 Å². The van der Waals surface area contributed by atoms with Crippen molar-refractivity contribution in [2.45, 2.75) is 0 Å². The lowest BCUT2D eigenvalue weighted by atomic mass is 10.1. The van der Waals surface area contributed by atoms with Gasteiger partial charge in [-0.05, 0) is 60.7 Å². The van der Waals surface area contributed by atoms with Gasteiger partial charge in [0, 0.05) is 31.8 Å². The Morgan fingerprint density at radius 2 is 1.34 bits per heavy atom. The molecule has 0 aliphatic rings. The lowest BCUT2D eigenvalue weighted by molar-refractivity contribution is 0.416. The van der Waals surface area contributed by atoms with E-state index >= 15 is 0 Å². The summed E-state index contributed by atoms with van der Waals surface area (Å²) < 4.78 is 7.30. The lowest BCUT2D eigenvalue weighted by Gasteiger charge is -2.12. The third kappa shape index (κ3) is 3.91. The molecule has 0 saturated heterocycles. The summed E-state index contributed by atoms with van der Waals surface area (Å²) in [6, 6.07) is 22.3. The van der Waals surface area contributed by atoms with Gasteiger partial charge in [-0.1, -0.05) is 46.9 Å². The van der Waals surface area contributed by atoms with Crippen LogP contribution in [0.1, 0.15) is 0 Å². The number of hydrogen-bond donors (Lipinski definition) is 0. The Bertz CT molecular complexity index is 1430. The Labute approximate surface area is 199 Å². The van der Waals surface area contributed by atoms with Crippen molar-refractivity contribution in [2.24, 2.45) is 0 Å². The van der Waals surface area contributed by atoms with Crippen LogP contribution in [0.15, 0.2) is 72.8 Å². The van der Waals surface area contributed by atoms with E-state index in [-0.39, 0.29) is 0 Å². The van der Waals surface area contributed by atoms with Gasteiger partial charge >= 0.3 is 0 Å². The summed E-state index contributed by atoms with van der Waals surface area (Å²) in [6.07, 6.45) is 0. The van der Waals surface area contributed by atoms with Crippen molar-refractivity contribution in [3.63, 3.8) is 0 Å². The standard InChI is InChI=1S/C24H15Cl3N4O/c1-32-22-12-18(27)10-11-19(22)21-13-20(14-2-6-16(25)7-3-14)28-24-29-23(30-31(21)24)15-4-8-17(26)9-5-15/h2-13H,1H3. The fraction of sp³-hybridized carbons (Fsp3) is 0.0417. The van der Waals surface area contributed by atoms with Crippen LogP contribution in [0, 0.1) is 0 Å². The van der Waals surface area contributed by atoms with E-state index in [0.29, 0.717) is 32.4 Å². The molecule has 3 aromatic carbocycles. The summed E-state index contributed by atoms with van der Waals surface area (Å²) in [4.78, 5) is 9.43. The van der Waals surface area contributed by atoms with Crippen molar-refractivity contribution in [1.29, 1.82) is 0 Å². The zero-order valence-electron chi connectivity index (χ0n) is 16.8. The molecule has 0 spiro atoms. The number of halogens is 3. The molecule has 0 fully saturated rings. The van der Waals surface area contributed by atoms with Crippen molar-refractivity contribution in [3.8, 4) is 39.7 Å². The molecule has 2 aromatic heterocycles. The smallest absolute Gasteiger partial charge is 0.253 e. The van der Waals surface area contributed by atoms with Crippen molar-refractivity contribution >= 4 is 40.6 Å². The van der Waals surface area contributed by atoms with E-state index in [1.807, 2.05) is 54.6 Å². The molecule has 5 aromatic rings. The van der Waals surface area contributed by atoms with E-state index < -0.39 is 0 Å². The summed E-state index contributed by atoms with van der Waals surface area (Å²) in [5.41, 5.74) is 4.05. The van der Waals surface area contributed by atoms with Gasteiger partial charge in [0.05, 0.1) is 18.5 Å². The summed E-state index contributed by atoms with van der Waals surface area (Å²) >= 11 is 18.3. The quantitative estimate of drug-likeness (QED) is 0.275. The largest absolute Gasteiger partial charge is 0.496 e. The van der Waals surface area contributed by atoms with Gasteiger partial charge < -0.3 is 4.74 Å². The maximum atomic E-state index is 6.19.